The fourth-order valence-corrected chi connectivity index (χ4v) is 2.45. The van der Waals surface area contributed by atoms with Gasteiger partial charge in [-0.1, -0.05) is 11.6 Å². The molecule has 4 nitrogen and oxygen atoms in total. The second-order valence-electron chi connectivity index (χ2n) is 3.97. The fraction of sp³-hybridized carbons (Fsp3) is 0.231. The van der Waals surface area contributed by atoms with E-state index in [1.54, 1.807) is 6.07 Å². The summed E-state index contributed by atoms with van der Waals surface area (Å²) < 4.78 is 17.6. The van der Waals surface area contributed by atoms with Gasteiger partial charge in [0.2, 0.25) is 0 Å². The number of halogens is 2. The van der Waals surface area contributed by atoms with E-state index in [2.05, 4.69) is 15.0 Å². The molecule has 20 heavy (non-hydrogen) atoms. The molecule has 0 saturated heterocycles. The Kier molecular flexibility index (Phi) is 4.92. The number of carbonyl (C=O) groups is 1. The molecule has 0 aliphatic carbocycles. The summed E-state index contributed by atoms with van der Waals surface area (Å²) in [6.07, 6.45) is 0.817. The van der Waals surface area contributed by atoms with Crippen molar-refractivity contribution in [2.24, 2.45) is 0 Å². The molecule has 0 saturated carbocycles. The van der Waals surface area contributed by atoms with Crippen molar-refractivity contribution in [1.29, 1.82) is 0 Å². The highest BCUT2D eigenvalue weighted by atomic mass is 35.5. The quantitative estimate of drug-likeness (QED) is 0.853. The number of aryl methyl sites for hydroxylation is 1. The number of nitrogens with zero attached hydrogens (tertiary/aromatic N) is 1. The van der Waals surface area contributed by atoms with Crippen molar-refractivity contribution in [2.45, 2.75) is 12.8 Å². The highest BCUT2D eigenvalue weighted by Gasteiger charge is 2.07. The van der Waals surface area contributed by atoms with Crippen LogP contribution >= 0.6 is 22.9 Å². The lowest BCUT2D eigenvalue weighted by Crippen LogP contribution is -2.02. The smallest absolute Gasteiger partial charge is 0.305 e. The van der Waals surface area contributed by atoms with Gasteiger partial charge in [-0.15, -0.1) is 11.3 Å². The molecule has 0 unspecified atom stereocenters. The van der Waals surface area contributed by atoms with Gasteiger partial charge in [-0.05, 0) is 18.2 Å². The molecule has 2 rings (SSSR count). The third-order valence-corrected chi connectivity index (χ3v) is 3.63. The van der Waals surface area contributed by atoms with Gasteiger partial charge in [0.05, 0.1) is 24.2 Å². The van der Waals surface area contributed by atoms with Crippen LogP contribution in [0.3, 0.4) is 0 Å². The molecular formula is C13H12ClFN2O2S. The molecule has 0 spiro atoms. The van der Waals surface area contributed by atoms with Crippen LogP contribution in [0, 0.1) is 5.82 Å². The Bertz CT molecular complexity index is 618. The standard InChI is InChI=1S/C13H12ClFN2O2S/c1-19-12(18)5-3-9-7-20-13(17-9)16-8-2-4-11(15)10(14)6-8/h2,4,6-7H,3,5H2,1H3,(H,16,17). The lowest BCUT2D eigenvalue weighted by Gasteiger charge is -2.03. The van der Waals surface area contributed by atoms with Crippen molar-refractivity contribution < 1.29 is 13.9 Å². The number of rotatable bonds is 5. The number of thiazole rings is 1. The number of benzene rings is 1. The van der Waals surface area contributed by atoms with Crippen LogP contribution in [-0.4, -0.2) is 18.1 Å². The van der Waals surface area contributed by atoms with Crippen molar-refractivity contribution in [3.05, 3.63) is 40.1 Å². The summed E-state index contributed by atoms with van der Waals surface area (Å²) in [5.74, 6) is -0.729. The van der Waals surface area contributed by atoms with Crippen LogP contribution in [0.15, 0.2) is 23.6 Å². The Balaban J connectivity index is 1.98. The number of aromatic nitrogens is 1. The van der Waals surface area contributed by atoms with E-state index in [1.807, 2.05) is 5.38 Å². The average Bonchev–Trinajstić information content (AvgIpc) is 2.88. The van der Waals surface area contributed by atoms with E-state index in [0.29, 0.717) is 23.7 Å². The van der Waals surface area contributed by atoms with Crippen LogP contribution in [0.1, 0.15) is 12.1 Å². The Hall–Kier alpha value is -1.66. The second-order valence-corrected chi connectivity index (χ2v) is 5.24. The predicted octanol–water partition coefficient (Wildman–Crippen LogP) is 3.78. The number of hydrogen-bond acceptors (Lipinski definition) is 5. The molecule has 0 atom stereocenters. The third kappa shape index (κ3) is 3.91. The maximum Gasteiger partial charge on any atom is 0.305 e. The van der Waals surface area contributed by atoms with Crippen molar-refractivity contribution in [1.82, 2.24) is 4.98 Å². The van der Waals surface area contributed by atoms with Crippen LogP contribution in [-0.2, 0) is 16.0 Å². The third-order valence-electron chi connectivity index (χ3n) is 2.54. The lowest BCUT2D eigenvalue weighted by molar-refractivity contribution is -0.140. The zero-order valence-corrected chi connectivity index (χ0v) is 12.2. The molecule has 0 fully saturated rings. The lowest BCUT2D eigenvalue weighted by atomic mass is 10.2. The summed E-state index contributed by atoms with van der Waals surface area (Å²) >= 11 is 7.10. The number of methoxy groups -OCH3 is 1. The van der Waals surface area contributed by atoms with Crippen LogP contribution in [0.5, 0.6) is 0 Å². The minimum atomic E-state index is -0.463. The molecule has 1 aromatic carbocycles. The molecule has 0 aliphatic heterocycles. The van der Waals surface area contributed by atoms with Gasteiger partial charge in [0.1, 0.15) is 5.82 Å². The number of nitrogens with one attached hydrogen (secondary N) is 1. The summed E-state index contributed by atoms with van der Waals surface area (Å²) in [4.78, 5) is 15.4. The zero-order chi connectivity index (χ0) is 14.5. The molecule has 1 N–H and O–H groups in total. The van der Waals surface area contributed by atoms with Crippen LogP contribution in [0.4, 0.5) is 15.2 Å². The first-order chi connectivity index (χ1) is 9.58. The number of carbonyl (C=O) groups excluding carboxylic acids is 1. The molecule has 1 aromatic heterocycles. The first-order valence-corrected chi connectivity index (χ1v) is 7.07. The monoisotopic (exact) mass is 314 g/mol. The van der Waals surface area contributed by atoms with Gasteiger partial charge < -0.3 is 10.1 Å². The normalized spacial score (nSPS) is 10.3. The molecule has 0 amide bonds. The molecule has 1 heterocycles. The first kappa shape index (κ1) is 14.7. The van der Waals surface area contributed by atoms with E-state index < -0.39 is 5.82 Å². The molecule has 7 heteroatoms. The highest BCUT2D eigenvalue weighted by molar-refractivity contribution is 7.13. The Labute approximate surface area is 124 Å². The Morgan fingerprint density at radius 3 is 3.05 bits per heavy atom. The summed E-state index contributed by atoms with van der Waals surface area (Å²) in [5, 5.41) is 5.60. The summed E-state index contributed by atoms with van der Waals surface area (Å²) in [6.45, 7) is 0. The zero-order valence-electron chi connectivity index (χ0n) is 10.7. The van der Waals surface area contributed by atoms with Crippen LogP contribution in [0.25, 0.3) is 0 Å². The maximum atomic E-state index is 13.0. The van der Waals surface area contributed by atoms with Crippen LogP contribution in [0.2, 0.25) is 5.02 Å². The van der Waals surface area contributed by atoms with E-state index in [0.717, 1.165) is 5.69 Å². The van der Waals surface area contributed by atoms with Crippen molar-refractivity contribution in [3.63, 3.8) is 0 Å². The SMILES string of the molecule is COC(=O)CCc1csc(Nc2ccc(F)c(Cl)c2)n1. The fourth-order valence-electron chi connectivity index (χ4n) is 1.51. The van der Waals surface area contributed by atoms with E-state index in [-0.39, 0.29) is 11.0 Å². The number of ether oxygens (including phenoxy) is 1. The number of esters is 1. The number of hydrogen-bond donors (Lipinski definition) is 1. The van der Waals surface area contributed by atoms with Crippen molar-refractivity contribution in [3.8, 4) is 0 Å². The van der Waals surface area contributed by atoms with Gasteiger partial charge in [-0.3, -0.25) is 4.79 Å². The van der Waals surface area contributed by atoms with E-state index in [4.69, 9.17) is 11.6 Å². The van der Waals surface area contributed by atoms with Gasteiger partial charge in [-0.25, -0.2) is 9.37 Å². The molecule has 106 valence electrons. The average molecular weight is 315 g/mol. The van der Waals surface area contributed by atoms with Gasteiger partial charge in [-0.2, -0.15) is 0 Å². The number of anilines is 2. The Morgan fingerprint density at radius 2 is 2.35 bits per heavy atom. The highest BCUT2D eigenvalue weighted by Crippen LogP contribution is 2.25. The van der Waals surface area contributed by atoms with E-state index in [9.17, 15) is 9.18 Å². The summed E-state index contributed by atoms with van der Waals surface area (Å²) in [5.41, 5.74) is 1.46. The largest absolute Gasteiger partial charge is 0.469 e. The van der Waals surface area contributed by atoms with Crippen LogP contribution < -0.4 is 5.32 Å². The van der Waals surface area contributed by atoms with Crippen molar-refractivity contribution >= 4 is 39.7 Å². The molecular weight excluding hydrogens is 303 g/mol. The Morgan fingerprint density at radius 1 is 1.55 bits per heavy atom. The maximum absolute atomic E-state index is 13.0. The predicted molar refractivity (Wildman–Crippen MR) is 77.1 cm³/mol. The summed E-state index contributed by atoms with van der Waals surface area (Å²) in [6, 6.07) is 4.36. The van der Waals surface area contributed by atoms with Gasteiger partial charge in [0.25, 0.3) is 0 Å². The topological polar surface area (TPSA) is 51.2 Å². The van der Waals surface area contributed by atoms with E-state index >= 15 is 0 Å². The summed E-state index contributed by atoms with van der Waals surface area (Å²) in [7, 11) is 1.36. The van der Waals surface area contributed by atoms with Crippen molar-refractivity contribution in [2.75, 3.05) is 12.4 Å². The molecule has 2 aromatic rings. The molecule has 0 bridgehead atoms. The first-order valence-electron chi connectivity index (χ1n) is 5.82. The minimum absolute atomic E-state index is 0.0532. The van der Waals surface area contributed by atoms with Gasteiger partial charge >= 0.3 is 5.97 Å². The second kappa shape index (κ2) is 6.67. The van der Waals surface area contributed by atoms with E-state index in [1.165, 1.54) is 30.6 Å². The van der Waals surface area contributed by atoms with Gasteiger partial charge in [0.15, 0.2) is 5.13 Å². The molecule has 0 aliphatic rings. The molecule has 0 radical (unpaired) electrons. The minimum Gasteiger partial charge on any atom is -0.469 e. The van der Waals surface area contributed by atoms with Gasteiger partial charge in [0, 0.05) is 17.5 Å².